The fraction of sp³-hybridized carbons (Fsp3) is 0.167. The van der Waals surface area contributed by atoms with E-state index in [1.54, 1.807) is 42.5 Å². The average Bonchev–Trinajstić information content (AvgIpc) is 2.75. The lowest BCUT2D eigenvalue weighted by Crippen LogP contribution is -2.19. The molecule has 1 aromatic heterocycles. The van der Waals surface area contributed by atoms with Crippen molar-refractivity contribution in [3.8, 4) is 6.07 Å². The van der Waals surface area contributed by atoms with Crippen molar-refractivity contribution in [3.05, 3.63) is 88.7 Å². The van der Waals surface area contributed by atoms with E-state index in [0.717, 1.165) is 16.8 Å². The van der Waals surface area contributed by atoms with Crippen LogP contribution in [0.5, 0.6) is 0 Å². The Labute approximate surface area is 175 Å². The van der Waals surface area contributed by atoms with Gasteiger partial charge in [0.1, 0.15) is 11.4 Å². The second-order valence-electron chi connectivity index (χ2n) is 7.20. The fourth-order valence-corrected chi connectivity index (χ4v) is 3.03. The van der Waals surface area contributed by atoms with Gasteiger partial charge >= 0.3 is 0 Å². The number of nitriles is 1. The zero-order valence-corrected chi connectivity index (χ0v) is 17.1. The fourth-order valence-electron chi connectivity index (χ4n) is 3.03. The largest absolute Gasteiger partial charge is 0.321 e. The summed E-state index contributed by atoms with van der Waals surface area (Å²) in [7, 11) is 0. The number of amides is 2. The van der Waals surface area contributed by atoms with E-state index in [1.807, 2.05) is 31.2 Å². The predicted octanol–water partition coefficient (Wildman–Crippen LogP) is 4.89. The number of carbonyl (C=O) groups excluding carboxylic acids is 2. The molecule has 6 nitrogen and oxygen atoms in total. The quantitative estimate of drug-likeness (QED) is 0.640. The molecule has 3 aromatic rings. The summed E-state index contributed by atoms with van der Waals surface area (Å²) in [5, 5.41) is 14.5. The van der Waals surface area contributed by atoms with Gasteiger partial charge in [0, 0.05) is 11.4 Å². The Morgan fingerprint density at radius 3 is 2.10 bits per heavy atom. The third kappa shape index (κ3) is 4.70. The maximum Gasteiger partial charge on any atom is 0.274 e. The van der Waals surface area contributed by atoms with Crippen LogP contribution in [-0.2, 0) is 0 Å². The van der Waals surface area contributed by atoms with Crippen molar-refractivity contribution in [2.24, 2.45) is 0 Å². The molecular formula is C24H22N4O2. The van der Waals surface area contributed by atoms with E-state index in [4.69, 9.17) is 5.26 Å². The first-order valence-electron chi connectivity index (χ1n) is 9.58. The molecule has 1 heterocycles. The third-order valence-electron chi connectivity index (χ3n) is 4.65. The molecule has 0 aliphatic carbocycles. The van der Waals surface area contributed by atoms with Crippen LogP contribution >= 0.6 is 0 Å². The summed E-state index contributed by atoms with van der Waals surface area (Å²) in [6.45, 7) is 6.07. The molecule has 0 atom stereocenters. The SMILES string of the molecule is Cc1cccc(C(C)C)c1NC(=O)c1cccc(C(=O)Nc2ccc(C#N)cc2)n1. The Balaban J connectivity index is 1.79. The van der Waals surface area contributed by atoms with Crippen LogP contribution in [0, 0.1) is 18.3 Å². The summed E-state index contributed by atoms with van der Waals surface area (Å²) in [5.41, 5.74) is 4.09. The molecule has 2 N–H and O–H groups in total. The van der Waals surface area contributed by atoms with Gasteiger partial charge in [-0.05, 0) is 60.4 Å². The summed E-state index contributed by atoms with van der Waals surface area (Å²) in [4.78, 5) is 29.6. The molecule has 30 heavy (non-hydrogen) atoms. The first-order valence-corrected chi connectivity index (χ1v) is 9.58. The number of benzene rings is 2. The Kier molecular flexibility index (Phi) is 6.23. The van der Waals surface area contributed by atoms with Crippen molar-refractivity contribution < 1.29 is 9.59 Å². The molecule has 0 spiro atoms. The molecule has 0 bridgehead atoms. The number of hydrogen-bond donors (Lipinski definition) is 2. The molecule has 3 rings (SSSR count). The van der Waals surface area contributed by atoms with Crippen molar-refractivity contribution in [2.75, 3.05) is 10.6 Å². The Hall–Kier alpha value is -3.98. The highest BCUT2D eigenvalue weighted by Crippen LogP contribution is 2.27. The van der Waals surface area contributed by atoms with Crippen molar-refractivity contribution in [2.45, 2.75) is 26.7 Å². The molecule has 0 aliphatic rings. The number of aromatic nitrogens is 1. The minimum atomic E-state index is -0.437. The lowest BCUT2D eigenvalue weighted by Gasteiger charge is -2.16. The number of pyridine rings is 1. The van der Waals surface area contributed by atoms with Crippen LogP contribution in [0.1, 0.15) is 57.4 Å². The molecular weight excluding hydrogens is 376 g/mol. The first-order chi connectivity index (χ1) is 14.4. The van der Waals surface area contributed by atoms with Crippen LogP contribution in [0.4, 0.5) is 11.4 Å². The minimum absolute atomic E-state index is 0.126. The van der Waals surface area contributed by atoms with Crippen LogP contribution in [0.25, 0.3) is 0 Å². The number of nitrogens with zero attached hydrogens (tertiary/aromatic N) is 2. The molecule has 0 saturated carbocycles. The highest BCUT2D eigenvalue weighted by atomic mass is 16.2. The molecule has 0 fully saturated rings. The number of anilines is 2. The van der Waals surface area contributed by atoms with Crippen LogP contribution in [0.3, 0.4) is 0 Å². The van der Waals surface area contributed by atoms with Crippen molar-refractivity contribution in [1.29, 1.82) is 5.26 Å². The Morgan fingerprint density at radius 2 is 1.50 bits per heavy atom. The number of para-hydroxylation sites is 1. The van der Waals surface area contributed by atoms with Gasteiger partial charge in [-0.3, -0.25) is 9.59 Å². The lowest BCUT2D eigenvalue weighted by atomic mass is 9.98. The van der Waals surface area contributed by atoms with Gasteiger partial charge < -0.3 is 10.6 Å². The van der Waals surface area contributed by atoms with Gasteiger partial charge in [0.2, 0.25) is 0 Å². The maximum atomic E-state index is 12.8. The molecule has 0 saturated heterocycles. The van der Waals surface area contributed by atoms with Crippen LogP contribution in [0.15, 0.2) is 60.7 Å². The molecule has 0 unspecified atom stereocenters. The van der Waals surface area contributed by atoms with Gasteiger partial charge in [-0.15, -0.1) is 0 Å². The second-order valence-corrected chi connectivity index (χ2v) is 7.20. The summed E-state index contributed by atoms with van der Waals surface area (Å²) < 4.78 is 0. The van der Waals surface area contributed by atoms with Crippen molar-refractivity contribution >= 4 is 23.2 Å². The van der Waals surface area contributed by atoms with Crippen LogP contribution in [-0.4, -0.2) is 16.8 Å². The maximum absolute atomic E-state index is 12.8. The molecule has 0 aliphatic heterocycles. The second kappa shape index (κ2) is 9.01. The van der Waals surface area contributed by atoms with E-state index in [1.165, 1.54) is 0 Å². The highest BCUT2D eigenvalue weighted by Gasteiger charge is 2.16. The number of carbonyl (C=O) groups is 2. The zero-order chi connectivity index (χ0) is 21.7. The average molecular weight is 398 g/mol. The lowest BCUT2D eigenvalue weighted by molar-refractivity contribution is 0.101. The summed E-state index contributed by atoms with van der Waals surface area (Å²) >= 11 is 0. The standard InChI is InChI=1S/C24H22N4O2/c1-15(2)19-7-4-6-16(3)22(19)28-24(30)21-9-5-8-20(27-21)23(29)26-18-12-10-17(14-25)11-13-18/h4-13,15H,1-3H3,(H,26,29)(H,28,30). The topological polar surface area (TPSA) is 94.9 Å². The van der Waals surface area contributed by atoms with Crippen LogP contribution in [0.2, 0.25) is 0 Å². The molecule has 6 heteroatoms. The van der Waals surface area contributed by atoms with Crippen molar-refractivity contribution in [1.82, 2.24) is 4.98 Å². The molecule has 150 valence electrons. The molecule has 2 amide bonds. The summed E-state index contributed by atoms with van der Waals surface area (Å²) in [5.74, 6) is -0.565. The Bertz CT molecular complexity index is 1130. The monoisotopic (exact) mass is 398 g/mol. The van der Waals surface area contributed by atoms with Gasteiger partial charge in [-0.2, -0.15) is 5.26 Å². The van der Waals surface area contributed by atoms with E-state index in [-0.39, 0.29) is 23.2 Å². The minimum Gasteiger partial charge on any atom is -0.321 e. The van der Waals surface area contributed by atoms with Crippen molar-refractivity contribution in [3.63, 3.8) is 0 Å². The third-order valence-corrected chi connectivity index (χ3v) is 4.65. The summed E-state index contributed by atoms with van der Waals surface area (Å²) in [6, 6.07) is 19.2. The van der Waals surface area contributed by atoms with E-state index < -0.39 is 5.91 Å². The Morgan fingerprint density at radius 1 is 0.900 bits per heavy atom. The zero-order valence-electron chi connectivity index (χ0n) is 17.1. The number of hydrogen-bond acceptors (Lipinski definition) is 4. The highest BCUT2D eigenvalue weighted by molar-refractivity contribution is 6.06. The number of rotatable bonds is 5. The predicted molar refractivity (Wildman–Crippen MR) is 117 cm³/mol. The van der Waals surface area contributed by atoms with Gasteiger partial charge in [0.25, 0.3) is 11.8 Å². The van der Waals surface area contributed by atoms with E-state index in [9.17, 15) is 9.59 Å². The van der Waals surface area contributed by atoms with Gasteiger partial charge in [0.15, 0.2) is 0 Å². The molecule has 0 radical (unpaired) electrons. The van der Waals surface area contributed by atoms with Gasteiger partial charge in [0.05, 0.1) is 11.6 Å². The normalized spacial score (nSPS) is 10.4. The van der Waals surface area contributed by atoms with E-state index in [0.29, 0.717) is 11.3 Å². The van der Waals surface area contributed by atoms with Crippen LogP contribution < -0.4 is 10.6 Å². The van der Waals surface area contributed by atoms with Gasteiger partial charge in [-0.1, -0.05) is 38.1 Å². The number of nitrogens with one attached hydrogen (secondary N) is 2. The van der Waals surface area contributed by atoms with Gasteiger partial charge in [-0.25, -0.2) is 4.98 Å². The number of aryl methyl sites for hydroxylation is 1. The van der Waals surface area contributed by atoms with E-state index >= 15 is 0 Å². The first kappa shape index (κ1) is 20.7. The smallest absolute Gasteiger partial charge is 0.274 e. The summed E-state index contributed by atoms with van der Waals surface area (Å²) in [6.07, 6.45) is 0. The molecule has 2 aromatic carbocycles. The van der Waals surface area contributed by atoms with E-state index in [2.05, 4.69) is 29.5 Å².